The van der Waals surface area contributed by atoms with Crippen molar-refractivity contribution in [1.82, 2.24) is 5.27 Å². The van der Waals surface area contributed by atoms with Crippen LogP contribution < -0.4 is 15.1 Å². The van der Waals surface area contributed by atoms with E-state index in [1.807, 2.05) is 31.2 Å². The average Bonchev–Trinajstić information content (AvgIpc) is 3.34. The van der Waals surface area contributed by atoms with Gasteiger partial charge in [0.05, 0.1) is 22.7 Å². The van der Waals surface area contributed by atoms with Crippen LogP contribution in [0.15, 0.2) is 33.8 Å². The predicted molar refractivity (Wildman–Crippen MR) is 128 cm³/mol. The van der Waals surface area contributed by atoms with Gasteiger partial charge in [-0.25, -0.2) is 4.79 Å². The van der Waals surface area contributed by atoms with Crippen LogP contribution in [-0.4, -0.2) is 29.0 Å². The normalized spacial score (nSPS) is 16.1. The molecule has 0 saturated carbocycles. The van der Waals surface area contributed by atoms with Gasteiger partial charge in [-0.15, -0.1) is 11.3 Å². The largest absolute Gasteiger partial charge is 0.538 e. The van der Waals surface area contributed by atoms with Crippen molar-refractivity contribution < 1.29 is 28.6 Å². The summed E-state index contributed by atoms with van der Waals surface area (Å²) in [6, 6.07) is 7.47. The topological polar surface area (TPSA) is 108 Å². The molecule has 1 amide bonds. The summed E-state index contributed by atoms with van der Waals surface area (Å²) in [4.78, 5) is 27.0. The third kappa shape index (κ3) is 4.97. The summed E-state index contributed by atoms with van der Waals surface area (Å²) in [5.74, 6) is -0.819. The molecule has 8 nitrogen and oxygen atoms in total. The molecule has 4 rings (SSSR count). The Morgan fingerprint density at radius 1 is 1.38 bits per heavy atom. The van der Waals surface area contributed by atoms with Crippen LogP contribution in [0.2, 0.25) is 0 Å². The number of nitrogens with one attached hydrogen (secondary N) is 1. The first-order chi connectivity index (χ1) is 16.3. The molecule has 1 aromatic carbocycles. The highest BCUT2D eigenvalue weighted by Crippen LogP contribution is 2.40. The molecular formula is C24H27N3O5S2. The van der Waals surface area contributed by atoms with Gasteiger partial charge in [-0.1, -0.05) is 24.6 Å². The maximum atomic E-state index is 13.1. The van der Waals surface area contributed by atoms with Crippen LogP contribution in [0.1, 0.15) is 53.6 Å². The number of thioether (sulfide) groups is 1. The van der Waals surface area contributed by atoms with Crippen molar-refractivity contribution in [1.29, 1.82) is 0 Å². The lowest BCUT2D eigenvalue weighted by Gasteiger charge is -2.18. The summed E-state index contributed by atoms with van der Waals surface area (Å²) in [6.45, 7) is 7.88. The number of aromatic nitrogens is 2. The monoisotopic (exact) mass is 501 g/mol. The number of hydrogen-bond donors (Lipinski definition) is 1. The Morgan fingerprint density at radius 2 is 2.12 bits per heavy atom. The minimum absolute atomic E-state index is 0.205. The van der Waals surface area contributed by atoms with Gasteiger partial charge in [-0.3, -0.25) is 4.79 Å². The molecule has 0 spiro atoms. The van der Waals surface area contributed by atoms with E-state index in [9.17, 15) is 14.7 Å². The standard InChI is InChI=1S/C24H27N3O5S2/c1-5-31-23(29)19-17-11-8-14(3)12-18(17)34-21(19)25-20(28)15(4)33-22-24(30)32-26-27(22)16-9-6-13(2)7-10-16/h6-7,9-10,14-15H,5,8,11-12H2,1-4H3,(H-,25,26,28,29,30). The number of esters is 1. The lowest BCUT2D eigenvalue weighted by molar-refractivity contribution is -0.705. The molecule has 2 heterocycles. The molecule has 0 radical (unpaired) electrons. The SMILES string of the molecule is CCOC(=O)c1c(NC(=O)C(C)Sc2c([O-])on[n+]2-c2ccc(C)cc2)sc2c1CCC(C)C2. The van der Waals surface area contributed by atoms with Gasteiger partial charge < -0.3 is 19.7 Å². The first-order valence-corrected chi connectivity index (χ1v) is 12.9. The van der Waals surface area contributed by atoms with E-state index < -0.39 is 17.2 Å². The van der Waals surface area contributed by atoms with Crippen molar-refractivity contribution >= 4 is 40.0 Å². The zero-order valence-corrected chi connectivity index (χ0v) is 21.2. The van der Waals surface area contributed by atoms with E-state index in [1.165, 1.54) is 16.0 Å². The fraction of sp³-hybridized carbons (Fsp3) is 0.417. The quantitative estimate of drug-likeness (QED) is 0.298. The highest BCUT2D eigenvalue weighted by Gasteiger charge is 2.31. The van der Waals surface area contributed by atoms with Gasteiger partial charge in [-0.05, 0) is 68.0 Å². The van der Waals surface area contributed by atoms with Gasteiger partial charge in [0.1, 0.15) is 5.00 Å². The molecule has 2 unspecified atom stereocenters. The number of benzene rings is 1. The Kier molecular flexibility index (Phi) is 7.27. The number of thiophene rings is 1. The van der Waals surface area contributed by atoms with Crippen molar-refractivity contribution in [3.05, 3.63) is 45.8 Å². The van der Waals surface area contributed by atoms with Crippen molar-refractivity contribution in [2.45, 2.75) is 57.2 Å². The lowest BCUT2D eigenvalue weighted by atomic mass is 9.88. The zero-order chi connectivity index (χ0) is 24.4. The van der Waals surface area contributed by atoms with Gasteiger partial charge in [0.15, 0.2) is 5.95 Å². The molecule has 180 valence electrons. The van der Waals surface area contributed by atoms with Crippen molar-refractivity contribution in [2.75, 3.05) is 11.9 Å². The molecular weight excluding hydrogens is 474 g/mol. The van der Waals surface area contributed by atoms with Gasteiger partial charge in [0.25, 0.3) is 5.03 Å². The summed E-state index contributed by atoms with van der Waals surface area (Å²) < 4.78 is 11.5. The predicted octanol–water partition coefficient (Wildman–Crippen LogP) is 3.82. The van der Waals surface area contributed by atoms with Gasteiger partial charge >= 0.3 is 5.97 Å². The maximum absolute atomic E-state index is 13.1. The van der Waals surface area contributed by atoms with E-state index in [1.54, 1.807) is 13.8 Å². The molecule has 0 fully saturated rings. The van der Waals surface area contributed by atoms with Crippen LogP contribution in [0.5, 0.6) is 5.95 Å². The number of nitrogens with zero attached hydrogens (tertiary/aromatic N) is 2. The van der Waals surface area contributed by atoms with E-state index in [2.05, 4.69) is 17.5 Å². The average molecular weight is 502 g/mol. The van der Waals surface area contributed by atoms with Crippen LogP contribution in [0.4, 0.5) is 5.00 Å². The summed E-state index contributed by atoms with van der Waals surface area (Å²) in [5.41, 5.74) is 3.18. The molecule has 0 bridgehead atoms. The third-order valence-electron chi connectivity index (χ3n) is 5.74. The number of carbonyl (C=O) groups is 2. The molecule has 1 N–H and O–H groups in total. The molecule has 2 atom stereocenters. The fourth-order valence-corrected chi connectivity index (χ4v) is 6.16. The Labute approximate surface area is 206 Å². The zero-order valence-electron chi connectivity index (χ0n) is 19.5. The van der Waals surface area contributed by atoms with Crippen LogP contribution in [-0.2, 0) is 22.4 Å². The minimum atomic E-state index is -0.642. The highest BCUT2D eigenvalue weighted by molar-refractivity contribution is 8.00. The number of hydrogen-bond acceptors (Lipinski definition) is 8. The number of ether oxygens (including phenoxy) is 1. The molecule has 10 heteroatoms. The first kappa shape index (κ1) is 24.3. The number of carbonyl (C=O) groups excluding carboxylic acids is 2. The summed E-state index contributed by atoms with van der Waals surface area (Å²) in [6.07, 6.45) is 2.66. The third-order valence-corrected chi connectivity index (χ3v) is 8.04. The summed E-state index contributed by atoms with van der Waals surface area (Å²) in [7, 11) is 0. The highest BCUT2D eigenvalue weighted by atomic mass is 32.2. The Hall–Kier alpha value is -2.85. The van der Waals surface area contributed by atoms with E-state index in [0.29, 0.717) is 22.2 Å². The smallest absolute Gasteiger partial charge is 0.341 e. The van der Waals surface area contributed by atoms with Crippen molar-refractivity contribution in [2.24, 2.45) is 5.92 Å². The molecule has 34 heavy (non-hydrogen) atoms. The number of aryl methyl sites for hydroxylation is 1. The molecule has 1 aliphatic carbocycles. The van der Waals surface area contributed by atoms with E-state index in [4.69, 9.17) is 9.26 Å². The fourth-order valence-electron chi connectivity index (χ4n) is 3.88. The number of rotatable bonds is 7. The Balaban J connectivity index is 1.56. The second-order valence-corrected chi connectivity index (χ2v) is 10.9. The molecule has 1 aliphatic rings. The first-order valence-electron chi connectivity index (χ1n) is 11.2. The lowest BCUT2D eigenvalue weighted by Crippen LogP contribution is -2.36. The van der Waals surface area contributed by atoms with Crippen molar-refractivity contribution in [3.8, 4) is 11.6 Å². The summed E-state index contributed by atoms with van der Waals surface area (Å²) in [5, 5.41) is 19.1. The van der Waals surface area contributed by atoms with Gasteiger partial charge in [-0.2, -0.15) is 0 Å². The maximum Gasteiger partial charge on any atom is 0.341 e. The van der Waals surface area contributed by atoms with Gasteiger partial charge in [0.2, 0.25) is 11.6 Å². The molecule has 3 aromatic rings. The van der Waals surface area contributed by atoms with E-state index in [-0.39, 0.29) is 17.5 Å². The van der Waals surface area contributed by atoms with Gasteiger partial charge in [0, 0.05) is 17.0 Å². The minimum Gasteiger partial charge on any atom is -0.538 e. The molecule has 0 aliphatic heterocycles. The van der Waals surface area contributed by atoms with Crippen LogP contribution >= 0.6 is 23.1 Å². The van der Waals surface area contributed by atoms with E-state index in [0.717, 1.165) is 47.0 Å². The number of fused-ring (bicyclic) bond motifs is 1. The van der Waals surface area contributed by atoms with E-state index >= 15 is 0 Å². The number of amides is 1. The Bertz CT molecular complexity index is 1200. The summed E-state index contributed by atoms with van der Waals surface area (Å²) >= 11 is 2.50. The second kappa shape index (κ2) is 10.2. The second-order valence-electron chi connectivity index (χ2n) is 8.44. The number of anilines is 1. The molecule has 2 aromatic heterocycles. The van der Waals surface area contributed by atoms with Crippen LogP contribution in [0, 0.1) is 12.8 Å². The van der Waals surface area contributed by atoms with Crippen LogP contribution in [0.25, 0.3) is 5.69 Å². The van der Waals surface area contributed by atoms with Crippen LogP contribution in [0.3, 0.4) is 0 Å². The molecule has 0 saturated heterocycles. The Morgan fingerprint density at radius 3 is 2.82 bits per heavy atom. The van der Waals surface area contributed by atoms with Crippen molar-refractivity contribution in [3.63, 3.8) is 0 Å².